The van der Waals surface area contributed by atoms with Crippen LogP contribution in [0, 0.1) is 0 Å². The second-order valence-corrected chi connectivity index (χ2v) is 6.19. The van der Waals surface area contributed by atoms with Gasteiger partial charge >= 0.3 is 0 Å². The van der Waals surface area contributed by atoms with Crippen LogP contribution in [-0.2, 0) is 11.2 Å². The van der Waals surface area contributed by atoms with Crippen LogP contribution in [0.1, 0.15) is 12.2 Å². The van der Waals surface area contributed by atoms with Crippen molar-refractivity contribution < 1.29 is 4.79 Å². The molecule has 24 heavy (non-hydrogen) atoms. The SMILES string of the molecule is CSc1cccc(NC(=O)CCc2nc3ccccc3c(=O)[nH]2)c1. The van der Waals surface area contributed by atoms with Crippen molar-refractivity contribution in [1.82, 2.24) is 9.97 Å². The summed E-state index contributed by atoms with van der Waals surface area (Å²) in [5.41, 5.74) is 1.24. The molecule has 6 heteroatoms. The van der Waals surface area contributed by atoms with Crippen molar-refractivity contribution in [3.8, 4) is 0 Å². The van der Waals surface area contributed by atoms with E-state index in [9.17, 15) is 9.59 Å². The number of nitrogens with one attached hydrogen (secondary N) is 2. The first-order valence-corrected chi connectivity index (χ1v) is 8.80. The van der Waals surface area contributed by atoms with Gasteiger partial charge in [-0.1, -0.05) is 18.2 Å². The number of benzene rings is 2. The van der Waals surface area contributed by atoms with E-state index in [2.05, 4.69) is 15.3 Å². The Balaban J connectivity index is 1.67. The highest BCUT2D eigenvalue weighted by atomic mass is 32.2. The number of rotatable bonds is 5. The fourth-order valence-corrected chi connectivity index (χ4v) is 2.87. The molecule has 0 atom stereocenters. The molecule has 0 aliphatic rings. The second-order valence-electron chi connectivity index (χ2n) is 5.31. The van der Waals surface area contributed by atoms with Gasteiger partial charge < -0.3 is 10.3 Å². The number of carbonyl (C=O) groups is 1. The maximum Gasteiger partial charge on any atom is 0.258 e. The summed E-state index contributed by atoms with van der Waals surface area (Å²) in [5.74, 6) is 0.413. The molecule has 0 spiro atoms. The van der Waals surface area contributed by atoms with E-state index >= 15 is 0 Å². The van der Waals surface area contributed by atoms with E-state index in [1.165, 1.54) is 0 Å². The Morgan fingerprint density at radius 3 is 2.88 bits per heavy atom. The van der Waals surface area contributed by atoms with Crippen molar-refractivity contribution in [2.75, 3.05) is 11.6 Å². The molecule has 0 fully saturated rings. The molecule has 0 saturated carbocycles. The average molecular weight is 339 g/mol. The van der Waals surface area contributed by atoms with Crippen molar-refractivity contribution in [2.24, 2.45) is 0 Å². The lowest BCUT2D eigenvalue weighted by Gasteiger charge is -2.07. The molecule has 3 rings (SSSR count). The maximum atomic E-state index is 12.1. The number of anilines is 1. The molecule has 2 aromatic carbocycles. The van der Waals surface area contributed by atoms with Crippen LogP contribution in [0.5, 0.6) is 0 Å². The van der Waals surface area contributed by atoms with Gasteiger partial charge in [-0.05, 0) is 36.6 Å². The van der Waals surface area contributed by atoms with Crippen LogP contribution in [0.4, 0.5) is 5.69 Å². The first-order chi connectivity index (χ1) is 11.7. The Labute approximate surface area is 143 Å². The van der Waals surface area contributed by atoms with E-state index in [-0.39, 0.29) is 17.9 Å². The van der Waals surface area contributed by atoms with Crippen molar-refractivity contribution in [3.63, 3.8) is 0 Å². The number of aromatic nitrogens is 2. The maximum absolute atomic E-state index is 12.1. The number of aromatic amines is 1. The number of H-pyrrole nitrogens is 1. The smallest absolute Gasteiger partial charge is 0.258 e. The number of hydrogen-bond acceptors (Lipinski definition) is 4. The monoisotopic (exact) mass is 339 g/mol. The van der Waals surface area contributed by atoms with E-state index in [0.29, 0.717) is 23.1 Å². The third kappa shape index (κ3) is 3.83. The lowest BCUT2D eigenvalue weighted by Crippen LogP contribution is -2.16. The molecule has 0 aliphatic heterocycles. The van der Waals surface area contributed by atoms with Crippen LogP contribution in [-0.4, -0.2) is 22.1 Å². The fraction of sp³-hybridized carbons (Fsp3) is 0.167. The van der Waals surface area contributed by atoms with Crippen LogP contribution in [0.15, 0.2) is 58.2 Å². The summed E-state index contributed by atoms with van der Waals surface area (Å²) < 4.78 is 0. The number of para-hydroxylation sites is 1. The zero-order valence-electron chi connectivity index (χ0n) is 13.2. The number of hydrogen-bond donors (Lipinski definition) is 2. The van der Waals surface area contributed by atoms with E-state index in [0.717, 1.165) is 10.6 Å². The van der Waals surface area contributed by atoms with E-state index in [1.807, 2.05) is 36.6 Å². The minimum atomic E-state index is -0.177. The summed E-state index contributed by atoms with van der Waals surface area (Å²) in [6, 6.07) is 14.8. The Bertz CT molecular complexity index is 937. The molecule has 0 saturated heterocycles. The first kappa shape index (κ1) is 16.3. The van der Waals surface area contributed by atoms with Crippen molar-refractivity contribution in [2.45, 2.75) is 17.7 Å². The highest BCUT2D eigenvalue weighted by Gasteiger charge is 2.07. The topological polar surface area (TPSA) is 74.8 Å². The second kappa shape index (κ2) is 7.31. The molecule has 0 bridgehead atoms. The van der Waals surface area contributed by atoms with Gasteiger partial charge in [0, 0.05) is 23.4 Å². The van der Waals surface area contributed by atoms with Crippen molar-refractivity contribution >= 4 is 34.3 Å². The van der Waals surface area contributed by atoms with Gasteiger partial charge in [0.05, 0.1) is 10.9 Å². The van der Waals surface area contributed by atoms with E-state index in [1.54, 1.807) is 30.0 Å². The Morgan fingerprint density at radius 1 is 1.21 bits per heavy atom. The van der Waals surface area contributed by atoms with E-state index < -0.39 is 0 Å². The molecule has 1 aromatic heterocycles. The van der Waals surface area contributed by atoms with Gasteiger partial charge in [-0.15, -0.1) is 11.8 Å². The molecule has 0 radical (unpaired) electrons. The predicted octanol–water partition coefficient (Wildman–Crippen LogP) is 3.22. The minimum Gasteiger partial charge on any atom is -0.326 e. The number of fused-ring (bicyclic) bond motifs is 1. The summed E-state index contributed by atoms with van der Waals surface area (Å²) in [7, 11) is 0. The molecule has 1 heterocycles. The molecule has 122 valence electrons. The molecule has 5 nitrogen and oxygen atoms in total. The van der Waals surface area contributed by atoms with Crippen molar-refractivity contribution in [3.05, 3.63) is 64.7 Å². The van der Waals surface area contributed by atoms with Gasteiger partial charge in [0.1, 0.15) is 5.82 Å². The summed E-state index contributed by atoms with van der Waals surface area (Å²) in [6.45, 7) is 0. The summed E-state index contributed by atoms with van der Waals surface area (Å²) in [6.07, 6.45) is 2.63. The van der Waals surface area contributed by atoms with Gasteiger partial charge in [0.15, 0.2) is 0 Å². The van der Waals surface area contributed by atoms with Gasteiger partial charge in [0.25, 0.3) is 5.56 Å². The predicted molar refractivity (Wildman–Crippen MR) is 97.5 cm³/mol. The van der Waals surface area contributed by atoms with E-state index in [4.69, 9.17) is 0 Å². The number of carbonyl (C=O) groups excluding carboxylic acids is 1. The van der Waals surface area contributed by atoms with Gasteiger partial charge in [-0.25, -0.2) is 4.98 Å². The molecule has 2 N–H and O–H groups in total. The molecule has 0 aliphatic carbocycles. The molecular formula is C18H17N3O2S. The fourth-order valence-electron chi connectivity index (χ4n) is 2.41. The first-order valence-electron chi connectivity index (χ1n) is 7.57. The summed E-state index contributed by atoms with van der Waals surface area (Å²) in [4.78, 5) is 32.3. The zero-order chi connectivity index (χ0) is 16.9. The van der Waals surface area contributed by atoms with Crippen LogP contribution in [0.3, 0.4) is 0 Å². The van der Waals surface area contributed by atoms with Crippen LogP contribution in [0.25, 0.3) is 10.9 Å². The Kier molecular flexibility index (Phi) is 4.96. The Morgan fingerprint density at radius 2 is 2.04 bits per heavy atom. The lowest BCUT2D eigenvalue weighted by atomic mass is 10.2. The number of aryl methyl sites for hydroxylation is 1. The number of nitrogens with zero attached hydrogens (tertiary/aromatic N) is 1. The standard InChI is InChI=1S/C18H17N3O2S/c1-24-13-6-4-5-12(11-13)19-17(22)10-9-16-20-15-8-3-2-7-14(15)18(23)21-16/h2-8,11H,9-10H2,1H3,(H,19,22)(H,20,21,23). The normalized spacial score (nSPS) is 10.7. The molecule has 1 amide bonds. The molecule has 0 unspecified atom stereocenters. The number of amides is 1. The Hall–Kier alpha value is -2.60. The van der Waals surface area contributed by atoms with Crippen LogP contribution >= 0.6 is 11.8 Å². The van der Waals surface area contributed by atoms with Crippen LogP contribution < -0.4 is 10.9 Å². The van der Waals surface area contributed by atoms with Gasteiger partial charge in [-0.3, -0.25) is 9.59 Å². The summed E-state index contributed by atoms with van der Waals surface area (Å²) >= 11 is 1.62. The third-order valence-corrected chi connectivity index (χ3v) is 4.33. The van der Waals surface area contributed by atoms with Crippen molar-refractivity contribution in [1.29, 1.82) is 0 Å². The highest BCUT2D eigenvalue weighted by Crippen LogP contribution is 2.19. The van der Waals surface area contributed by atoms with Gasteiger partial charge in [-0.2, -0.15) is 0 Å². The average Bonchev–Trinajstić information content (AvgIpc) is 2.60. The summed E-state index contributed by atoms with van der Waals surface area (Å²) in [5, 5.41) is 3.42. The lowest BCUT2D eigenvalue weighted by molar-refractivity contribution is -0.116. The highest BCUT2D eigenvalue weighted by molar-refractivity contribution is 7.98. The molecule has 3 aromatic rings. The minimum absolute atomic E-state index is 0.107. The molecular weight excluding hydrogens is 322 g/mol. The van der Waals surface area contributed by atoms with Crippen LogP contribution in [0.2, 0.25) is 0 Å². The largest absolute Gasteiger partial charge is 0.326 e. The van der Waals surface area contributed by atoms with Gasteiger partial charge in [0.2, 0.25) is 5.91 Å². The zero-order valence-corrected chi connectivity index (χ0v) is 14.0. The number of thioether (sulfide) groups is 1. The quantitative estimate of drug-likeness (QED) is 0.700. The third-order valence-electron chi connectivity index (χ3n) is 3.60.